The molecule has 0 unspecified atom stereocenters. The molecule has 0 spiro atoms. The number of hydrogen-bond donors (Lipinski definition) is 0. The molecule has 0 aliphatic heterocycles. The van der Waals surface area contributed by atoms with Gasteiger partial charge >= 0.3 is 5.97 Å². The molecule has 8 heavy (non-hydrogen) atoms. The van der Waals surface area contributed by atoms with E-state index in [1.165, 1.54) is 0 Å². The van der Waals surface area contributed by atoms with Crippen LogP contribution in [0.25, 0.3) is 0 Å². The lowest BCUT2D eigenvalue weighted by Crippen LogP contribution is -1.90. The average Bonchev–Trinajstić information content (AvgIpc) is 1.83. The first-order valence-electron chi connectivity index (χ1n) is 1.98. The summed E-state index contributed by atoms with van der Waals surface area (Å²) in [6.45, 7) is 6.35. The molecule has 0 bridgehead atoms. The van der Waals surface area contributed by atoms with Gasteiger partial charge in [0, 0.05) is 6.08 Å². The lowest BCUT2D eigenvalue weighted by Gasteiger charge is -1.84. The van der Waals surface area contributed by atoms with Gasteiger partial charge in [-0.1, -0.05) is 18.9 Å². The van der Waals surface area contributed by atoms with Crippen LogP contribution in [0.3, 0.4) is 0 Å². The third-order valence-electron chi connectivity index (χ3n) is 0.425. The predicted octanol–water partition coefficient (Wildman–Crippen LogP) is 1.01. The minimum absolute atomic E-state index is 0.499. The summed E-state index contributed by atoms with van der Waals surface area (Å²) in [4.78, 5) is 10.1. The molecule has 0 aliphatic rings. The van der Waals surface area contributed by atoms with Crippen LogP contribution in [0.15, 0.2) is 31.2 Å². The normalized spacial score (nSPS) is 6.50. The van der Waals surface area contributed by atoms with E-state index >= 15 is 0 Å². The van der Waals surface area contributed by atoms with Gasteiger partial charge in [0.05, 0.1) is 0 Å². The summed E-state index contributed by atoms with van der Waals surface area (Å²) < 4.78 is 4.28. The van der Waals surface area contributed by atoms with E-state index in [1.807, 2.05) is 0 Å². The molecule has 2 heteroatoms. The van der Waals surface area contributed by atoms with Gasteiger partial charge in [0.25, 0.3) is 0 Å². The number of esters is 1. The van der Waals surface area contributed by atoms with Crippen LogP contribution in [0.2, 0.25) is 0 Å². The Bertz CT molecular complexity index is 141. The summed E-state index contributed by atoms with van der Waals surface area (Å²) in [5, 5.41) is 0. The highest BCUT2D eigenvalue weighted by Crippen LogP contribution is 1.76. The molecular formula is C6H6O2. The molecule has 0 rings (SSSR count). The van der Waals surface area contributed by atoms with E-state index in [1.54, 1.807) is 0 Å². The molecule has 2 nitrogen and oxygen atoms in total. The fraction of sp³-hybridized carbons (Fsp3) is 0. The number of rotatable bonds is 2. The monoisotopic (exact) mass is 110 g/mol. The van der Waals surface area contributed by atoms with Crippen molar-refractivity contribution in [2.24, 2.45) is 0 Å². The van der Waals surface area contributed by atoms with Crippen LogP contribution >= 0.6 is 0 Å². The van der Waals surface area contributed by atoms with Gasteiger partial charge in [0.1, 0.15) is 6.26 Å². The molecule has 0 aromatic rings. The maximum atomic E-state index is 10.1. The third kappa shape index (κ3) is 2.94. The smallest absolute Gasteiger partial charge is 0.335 e. The second-order valence-electron chi connectivity index (χ2n) is 0.963. The zero-order valence-electron chi connectivity index (χ0n) is 4.39. The van der Waals surface area contributed by atoms with Gasteiger partial charge in [0.2, 0.25) is 0 Å². The summed E-state index contributed by atoms with van der Waals surface area (Å²) in [5.41, 5.74) is 2.27. The van der Waals surface area contributed by atoms with E-state index < -0.39 is 5.97 Å². The second kappa shape index (κ2) is 3.90. The van der Waals surface area contributed by atoms with Crippen molar-refractivity contribution in [3.63, 3.8) is 0 Å². The maximum absolute atomic E-state index is 10.1. The van der Waals surface area contributed by atoms with Crippen LogP contribution in [0.5, 0.6) is 0 Å². The van der Waals surface area contributed by atoms with Crippen molar-refractivity contribution in [1.82, 2.24) is 0 Å². The predicted molar refractivity (Wildman–Crippen MR) is 30.0 cm³/mol. The summed E-state index contributed by atoms with van der Waals surface area (Å²) in [6, 6.07) is 0. The van der Waals surface area contributed by atoms with E-state index in [4.69, 9.17) is 0 Å². The number of hydrogen-bond acceptors (Lipinski definition) is 2. The van der Waals surface area contributed by atoms with Gasteiger partial charge in [-0.05, 0) is 0 Å². The van der Waals surface area contributed by atoms with Crippen molar-refractivity contribution in [1.29, 1.82) is 0 Å². The van der Waals surface area contributed by atoms with Crippen LogP contribution in [0, 0.1) is 0 Å². The zero-order valence-corrected chi connectivity index (χ0v) is 4.39. The number of carbonyl (C=O) groups excluding carboxylic acids is 1. The Labute approximate surface area is 47.8 Å². The molecule has 0 amide bonds. The van der Waals surface area contributed by atoms with Crippen molar-refractivity contribution in [3.8, 4) is 0 Å². The third-order valence-corrected chi connectivity index (χ3v) is 0.425. The molecular weight excluding hydrogens is 104 g/mol. The molecule has 0 aromatic heterocycles. The van der Waals surface area contributed by atoms with Gasteiger partial charge in [-0.2, -0.15) is 0 Å². The first kappa shape index (κ1) is 6.73. The maximum Gasteiger partial charge on any atom is 0.335 e. The molecule has 42 valence electrons. The fourth-order valence-corrected chi connectivity index (χ4v) is 0.148. The van der Waals surface area contributed by atoms with E-state index in [0.29, 0.717) is 0 Å². The van der Waals surface area contributed by atoms with E-state index in [9.17, 15) is 4.79 Å². The molecule has 0 heterocycles. The fourth-order valence-electron chi connectivity index (χ4n) is 0.148. The quantitative estimate of drug-likeness (QED) is 0.229. The first-order chi connectivity index (χ1) is 3.81. The first-order valence-corrected chi connectivity index (χ1v) is 1.98. The van der Waals surface area contributed by atoms with Crippen LogP contribution in [0.1, 0.15) is 0 Å². The number of ether oxygens (including phenoxy) is 1. The Hall–Kier alpha value is -1.27. The van der Waals surface area contributed by atoms with Crippen LogP contribution in [0.4, 0.5) is 0 Å². The second-order valence-corrected chi connectivity index (χ2v) is 0.963. The lowest BCUT2D eigenvalue weighted by molar-refractivity contribution is -0.132. The van der Waals surface area contributed by atoms with Gasteiger partial charge < -0.3 is 4.74 Å². The van der Waals surface area contributed by atoms with Crippen molar-refractivity contribution in [2.45, 2.75) is 0 Å². The Balaban J connectivity index is 3.55. The van der Waals surface area contributed by atoms with Crippen LogP contribution in [-0.2, 0) is 9.53 Å². The molecule has 0 radical (unpaired) electrons. The molecule has 0 saturated heterocycles. The van der Waals surface area contributed by atoms with E-state index in [2.05, 4.69) is 23.6 Å². The Morgan fingerprint density at radius 1 is 1.75 bits per heavy atom. The molecule has 0 aromatic carbocycles. The summed E-state index contributed by atoms with van der Waals surface area (Å²) in [5.74, 6) is -0.499. The Morgan fingerprint density at radius 2 is 2.38 bits per heavy atom. The lowest BCUT2D eigenvalue weighted by atomic mass is 10.7. The standard InChI is InChI=1S/C6H6O2/c1-3-5-8-6(7)4-2/h4-5H,1-2H2. The van der Waals surface area contributed by atoms with Gasteiger partial charge in [-0.15, -0.1) is 0 Å². The Morgan fingerprint density at radius 3 is 2.75 bits per heavy atom. The molecule has 0 saturated carbocycles. The van der Waals surface area contributed by atoms with Crippen LogP contribution in [-0.4, -0.2) is 5.97 Å². The molecule has 0 aliphatic carbocycles. The Kier molecular flexibility index (Phi) is 3.28. The van der Waals surface area contributed by atoms with Crippen molar-refractivity contribution >= 4 is 5.97 Å². The van der Waals surface area contributed by atoms with Gasteiger partial charge in [-0.3, -0.25) is 0 Å². The SMILES string of the molecule is C=C=COC(=O)C=C. The van der Waals surface area contributed by atoms with Gasteiger partial charge in [0.15, 0.2) is 0 Å². The van der Waals surface area contributed by atoms with Crippen molar-refractivity contribution in [3.05, 3.63) is 31.2 Å². The molecule has 0 fully saturated rings. The minimum atomic E-state index is -0.499. The topological polar surface area (TPSA) is 26.3 Å². The molecule has 0 N–H and O–H groups in total. The highest BCUT2D eigenvalue weighted by Gasteiger charge is 1.85. The van der Waals surface area contributed by atoms with Crippen LogP contribution < -0.4 is 0 Å². The van der Waals surface area contributed by atoms with E-state index in [-0.39, 0.29) is 0 Å². The summed E-state index contributed by atoms with van der Waals surface area (Å²) in [7, 11) is 0. The van der Waals surface area contributed by atoms with Crippen molar-refractivity contribution < 1.29 is 9.53 Å². The van der Waals surface area contributed by atoms with Crippen molar-refractivity contribution in [2.75, 3.05) is 0 Å². The zero-order chi connectivity index (χ0) is 6.41. The molecule has 0 atom stereocenters. The summed E-state index contributed by atoms with van der Waals surface area (Å²) >= 11 is 0. The number of carbonyl (C=O) groups is 1. The minimum Gasteiger partial charge on any atom is -0.423 e. The highest BCUT2D eigenvalue weighted by atomic mass is 16.5. The van der Waals surface area contributed by atoms with E-state index in [0.717, 1.165) is 12.3 Å². The average molecular weight is 110 g/mol. The van der Waals surface area contributed by atoms with Gasteiger partial charge in [-0.25, -0.2) is 4.79 Å². The summed E-state index contributed by atoms with van der Waals surface area (Å²) in [6.07, 6.45) is 2.14. The highest BCUT2D eigenvalue weighted by molar-refractivity contribution is 5.81. The largest absolute Gasteiger partial charge is 0.423 e.